The summed E-state index contributed by atoms with van der Waals surface area (Å²) in [5.41, 5.74) is 4.65. The van der Waals surface area contributed by atoms with E-state index >= 15 is 0 Å². The number of nitrogens with zero attached hydrogens (tertiary/aromatic N) is 3. The maximum atomic E-state index is 13.3. The Bertz CT molecular complexity index is 1040. The standard InChI is InChI=1S/C21H31N5O6S/c1-5-7-8-24(18-19(22)26(10-13(3)4)21(31)23-20(18)30)14(27)11-25-15(28)12-33-16(25)9-17(29)32-6-2/h9,13H,5-8,10-12,22H2,1-4H3,(H,23,30,31)/b16-9-. The van der Waals surface area contributed by atoms with Crippen LogP contribution >= 0.6 is 11.8 Å². The molecule has 1 aliphatic rings. The lowest BCUT2D eigenvalue weighted by molar-refractivity contribution is -0.137. The van der Waals surface area contributed by atoms with Crippen molar-refractivity contribution in [2.75, 3.05) is 36.1 Å². The molecule has 0 unspecified atom stereocenters. The average Bonchev–Trinajstić information content (AvgIpc) is 3.06. The summed E-state index contributed by atoms with van der Waals surface area (Å²) in [5.74, 6) is -1.47. The summed E-state index contributed by atoms with van der Waals surface area (Å²) in [4.78, 5) is 67.2. The molecule has 0 atom stereocenters. The summed E-state index contributed by atoms with van der Waals surface area (Å²) in [6, 6.07) is 0. The van der Waals surface area contributed by atoms with Crippen LogP contribution in [0.15, 0.2) is 20.7 Å². The number of H-pyrrole nitrogens is 1. The first-order chi connectivity index (χ1) is 15.6. The second-order valence-electron chi connectivity index (χ2n) is 7.90. The lowest BCUT2D eigenvalue weighted by Crippen LogP contribution is -2.46. The summed E-state index contributed by atoms with van der Waals surface area (Å²) >= 11 is 1.13. The highest BCUT2D eigenvalue weighted by molar-refractivity contribution is 8.04. The van der Waals surface area contributed by atoms with Crippen molar-refractivity contribution in [3.05, 3.63) is 31.9 Å². The zero-order valence-corrected chi connectivity index (χ0v) is 20.2. The third kappa shape index (κ3) is 6.50. The number of carbonyl (C=O) groups is 3. The normalized spacial score (nSPS) is 14.9. The first-order valence-electron chi connectivity index (χ1n) is 10.8. The van der Waals surface area contributed by atoms with Crippen molar-refractivity contribution >= 4 is 41.1 Å². The van der Waals surface area contributed by atoms with E-state index in [1.54, 1.807) is 6.92 Å². The second-order valence-corrected chi connectivity index (χ2v) is 8.90. The average molecular weight is 482 g/mol. The van der Waals surface area contributed by atoms with Gasteiger partial charge in [0.25, 0.3) is 5.56 Å². The summed E-state index contributed by atoms with van der Waals surface area (Å²) in [6.07, 6.45) is 2.48. The summed E-state index contributed by atoms with van der Waals surface area (Å²) < 4.78 is 6.13. The predicted molar refractivity (Wildman–Crippen MR) is 127 cm³/mol. The van der Waals surface area contributed by atoms with Crippen LogP contribution in [0, 0.1) is 5.92 Å². The number of nitrogen functional groups attached to an aromatic ring is 1. The summed E-state index contributed by atoms with van der Waals surface area (Å²) in [5, 5.41) is 0.300. The number of thioether (sulfide) groups is 1. The van der Waals surface area contributed by atoms with Gasteiger partial charge in [-0.2, -0.15) is 0 Å². The van der Waals surface area contributed by atoms with Gasteiger partial charge in [-0.25, -0.2) is 9.59 Å². The molecule has 1 aromatic rings. The molecule has 1 fully saturated rings. The monoisotopic (exact) mass is 481 g/mol. The number of hydrogen-bond acceptors (Lipinski definition) is 8. The Labute approximate surface area is 195 Å². The van der Waals surface area contributed by atoms with Gasteiger partial charge in [0.1, 0.15) is 12.4 Å². The number of esters is 1. The van der Waals surface area contributed by atoms with Gasteiger partial charge in [-0.3, -0.25) is 28.8 Å². The lowest BCUT2D eigenvalue weighted by atomic mass is 10.2. The van der Waals surface area contributed by atoms with E-state index < -0.39 is 23.1 Å². The van der Waals surface area contributed by atoms with Crippen LogP contribution in [0.3, 0.4) is 0 Å². The molecule has 0 saturated carbocycles. The number of aromatic amines is 1. The van der Waals surface area contributed by atoms with Crippen molar-refractivity contribution in [3.63, 3.8) is 0 Å². The van der Waals surface area contributed by atoms with Gasteiger partial charge in [0.05, 0.1) is 23.5 Å². The first kappa shape index (κ1) is 26.2. The fourth-order valence-electron chi connectivity index (χ4n) is 3.27. The van der Waals surface area contributed by atoms with E-state index in [1.165, 1.54) is 20.4 Å². The van der Waals surface area contributed by atoms with E-state index in [1.807, 2.05) is 20.8 Å². The van der Waals surface area contributed by atoms with Crippen LogP contribution in [0.4, 0.5) is 11.5 Å². The Balaban J connectivity index is 2.44. The molecule has 1 aliphatic heterocycles. The van der Waals surface area contributed by atoms with Crippen molar-refractivity contribution < 1.29 is 19.1 Å². The van der Waals surface area contributed by atoms with Gasteiger partial charge < -0.3 is 15.4 Å². The molecule has 2 heterocycles. The van der Waals surface area contributed by atoms with Gasteiger partial charge in [0.15, 0.2) is 5.69 Å². The van der Waals surface area contributed by atoms with Crippen molar-refractivity contribution in [1.82, 2.24) is 14.5 Å². The molecule has 0 spiro atoms. The van der Waals surface area contributed by atoms with Crippen LogP contribution in [0.5, 0.6) is 0 Å². The smallest absolute Gasteiger partial charge is 0.333 e. The Morgan fingerprint density at radius 3 is 2.58 bits per heavy atom. The summed E-state index contributed by atoms with van der Waals surface area (Å²) in [6.45, 7) is 7.61. The minimum Gasteiger partial charge on any atom is -0.463 e. The van der Waals surface area contributed by atoms with Gasteiger partial charge in [-0.15, -0.1) is 0 Å². The number of hydrogen-bond donors (Lipinski definition) is 2. The van der Waals surface area contributed by atoms with E-state index in [4.69, 9.17) is 10.5 Å². The maximum absolute atomic E-state index is 13.3. The number of carbonyl (C=O) groups excluding carboxylic acids is 3. The SMILES string of the molecule is CCCCN(C(=O)CN1C(=O)CS/C1=C\C(=O)OCC)c1c(N)n(CC(C)C)c(=O)[nH]c1=O. The number of nitrogens with one attached hydrogen (secondary N) is 1. The Hall–Kier alpha value is -3.02. The fraction of sp³-hybridized carbons (Fsp3) is 0.571. The van der Waals surface area contributed by atoms with Crippen LogP contribution in [0.2, 0.25) is 0 Å². The Morgan fingerprint density at radius 2 is 1.97 bits per heavy atom. The van der Waals surface area contributed by atoms with Crippen LogP contribution in [-0.4, -0.2) is 57.7 Å². The number of amides is 2. The van der Waals surface area contributed by atoms with E-state index in [0.717, 1.165) is 18.2 Å². The molecule has 0 bridgehead atoms. The lowest BCUT2D eigenvalue weighted by Gasteiger charge is -2.27. The minimum absolute atomic E-state index is 0.0679. The fourth-order valence-corrected chi connectivity index (χ4v) is 4.20. The van der Waals surface area contributed by atoms with Gasteiger partial charge in [0, 0.05) is 13.1 Å². The molecule has 0 aromatic carbocycles. The van der Waals surface area contributed by atoms with E-state index in [-0.39, 0.29) is 55.3 Å². The molecule has 12 heteroatoms. The molecule has 3 N–H and O–H groups in total. The predicted octanol–water partition coefficient (Wildman–Crippen LogP) is 0.888. The number of ether oxygens (including phenoxy) is 1. The van der Waals surface area contributed by atoms with Crippen LogP contribution < -0.4 is 21.9 Å². The van der Waals surface area contributed by atoms with Crippen LogP contribution in [0.25, 0.3) is 0 Å². The van der Waals surface area contributed by atoms with Crippen molar-refractivity contribution in [2.45, 2.75) is 47.1 Å². The highest BCUT2D eigenvalue weighted by atomic mass is 32.2. The zero-order valence-electron chi connectivity index (χ0n) is 19.4. The molecule has 2 amide bonds. The zero-order chi connectivity index (χ0) is 24.7. The van der Waals surface area contributed by atoms with E-state index in [0.29, 0.717) is 11.4 Å². The molecule has 11 nitrogen and oxygen atoms in total. The Morgan fingerprint density at radius 1 is 1.27 bits per heavy atom. The topological polar surface area (TPSA) is 148 Å². The van der Waals surface area contributed by atoms with Gasteiger partial charge >= 0.3 is 11.7 Å². The van der Waals surface area contributed by atoms with Crippen LogP contribution in [-0.2, 0) is 25.7 Å². The molecule has 33 heavy (non-hydrogen) atoms. The molecular formula is C21H31N5O6S. The van der Waals surface area contributed by atoms with E-state index in [2.05, 4.69) is 4.98 Å². The molecule has 182 valence electrons. The second kappa shape index (κ2) is 11.7. The van der Waals surface area contributed by atoms with Gasteiger partial charge in [-0.05, 0) is 19.3 Å². The summed E-state index contributed by atoms with van der Waals surface area (Å²) in [7, 11) is 0. The highest BCUT2D eigenvalue weighted by Gasteiger charge is 2.32. The third-order valence-electron chi connectivity index (χ3n) is 4.80. The van der Waals surface area contributed by atoms with Gasteiger partial charge in [-0.1, -0.05) is 39.0 Å². The first-order valence-corrected chi connectivity index (χ1v) is 11.8. The maximum Gasteiger partial charge on any atom is 0.333 e. The molecule has 1 saturated heterocycles. The molecular weight excluding hydrogens is 450 g/mol. The minimum atomic E-state index is -0.772. The highest BCUT2D eigenvalue weighted by Crippen LogP contribution is 2.29. The molecule has 0 radical (unpaired) electrons. The van der Waals surface area contributed by atoms with Crippen molar-refractivity contribution in [1.29, 1.82) is 0 Å². The van der Waals surface area contributed by atoms with Crippen molar-refractivity contribution in [2.24, 2.45) is 5.92 Å². The number of nitrogens with two attached hydrogens (primary N) is 1. The largest absolute Gasteiger partial charge is 0.463 e. The molecule has 2 rings (SSSR count). The number of aromatic nitrogens is 2. The molecule has 1 aromatic heterocycles. The third-order valence-corrected chi connectivity index (χ3v) is 5.83. The quantitative estimate of drug-likeness (QED) is 0.370. The van der Waals surface area contributed by atoms with Crippen molar-refractivity contribution in [3.8, 4) is 0 Å². The molecule has 0 aliphatic carbocycles. The van der Waals surface area contributed by atoms with E-state index in [9.17, 15) is 24.0 Å². The number of anilines is 2. The van der Waals surface area contributed by atoms with Gasteiger partial charge in [0.2, 0.25) is 11.8 Å². The van der Waals surface area contributed by atoms with Crippen LogP contribution in [0.1, 0.15) is 40.5 Å². The Kier molecular flexibility index (Phi) is 9.32. The number of unbranched alkanes of at least 4 members (excludes halogenated alkanes) is 1. The number of rotatable bonds is 10.